The first-order valence-corrected chi connectivity index (χ1v) is 6.77. The lowest BCUT2D eigenvalue weighted by Crippen LogP contribution is -2.42. The van der Waals surface area contributed by atoms with Gasteiger partial charge in [0.2, 0.25) is 0 Å². The lowest BCUT2D eigenvalue weighted by Gasteiger charge is -2.31. The summed E-state index contributed by atoms with van der Waals surface area (Å²) in [6.07, 6.45) is 3.75. The van der Waals surface area contributed by atoms with Crippen LogP contribution in [-0.2, 0) is 23.8 Å². The van der Waals surface area contributed by atoms with Crippen molar-refractivity contribution >= 4 is 11.9 Å². The molecule has 110 valence electrons. The van der Waals surface area contributed by atoms with Crippen molar-refractivity contribution in [2.75, 3.05) is 14.2 Å². The molecule has 0 aromatic rings. The summed E-state index contributed by atoms with van der Waals surface area (Å²) in [6, 6.07) is 0. The highest BCUT2D eigenvalue weighted by Gasteiger charge is 2.52. The van der Waals surface area contributed by atoms with Crippen molar-refractivity contribution in [3.05, 3.63) is 0 Å². The molecule has 0 aromatic heterocycles. The SMILES string of the molecule is CCCC1(C)CCC(CCC(=O)OC)(C(=O)OC)O1. The molecule has 19 heavy (non-hydrogen) atoms. The van der Waals surface area contributed by atoms with Gasteiger partial charge in [-0.15, -0.1) is 0 Å². The van der Waals surface area contributed by atoms with Gasteiger partial charge in [-0.3, -0.25) is 4.79 Å². The monoisotopic (exact) mass is 272 g/mol. The average molecular weight is 272 g/mol. The smallest absolute Gasteiger partial charge is 0.338 e. The average Bonchev–Trinajstić information content (AvgIpc) is 2.74. The van der Waals surface area contributed by atoms with E-state index in [1.807, 2.05) is 6.92 Å². The molecule has 1 fully saturated rings. The zero-order valence-electron chi connectivity index (χ0n) is 12.3. The van der Waals surface area contributed by atoms with Gasteiger partial charge in [0.15, 0.2) is 5.60 Å². The van der Waals surface area contributed by atoms with Gasteiger partial charge in [-0.25, -0.2) is 4.79 Å². The largest absolute Gasteiger partial charge is 0.469 e. The molecule has 0 saturated carbocycles. The van der Waals surface area contributed by atoms with Crippen molar-refractivity contribution in [1.29, 1.82) is 0 Å². The number of methoxy groups -OCH3 is 2. The van der Waals surface area contributed by atoms with Crippen LogP contribution in [0.3, 0.4) is 0 Å². The minimum atomic E-state index is -0.993. The molecule has 0 N–H and O–H groups in total. The van der Waals surface area contributed by atoms with Crippen LogP contribution in [0.15, 0.2) is 0 Å². The summed E-state index contributed by atoms with van der Waals surface area (Å²) in [5.41, 5.74) is -1.30. The Bertz CT molecular complexity index is 341. The van der Waals surface area contributed by atoms with E-state index in [-0.39, 0.29) is 18.0 Å². The highest BCUT2D eigenvalue weighted by atomic mass is 16.6. The Hall–Kier alpha value is -1.10. The second-order valence-electron chi connectivity index (χ2n) is 5.36. The number of esters is 2. The Morgan fingerprint density at radius 3 is 2.37 bits per heavy atom. The van der Waals surface area contributed by atoms with Crippen LogP contribution >= 0.6 is 0 Å². The van der Waals surface area contributed by atoms with Crippen molar-refractivity contribution < 1.29 is 23.8 Å². The van der Waals surface area contributed by atoms with Gasteiger partial charge in [-0.2, -0.15) is 0 Å². The molecule has 0 spiro atoms. The lowest BCUT2D eigenvalue weighted by atomic mass is 9.91. The fourth-order valence-corrected chi connectivity index (χ4v) is 2.76. The molecule has 0 radical (unpaired) electrons. The van der Waals surface area contributed by atoms with Crippen molar-refractivity contribution in [3.63, 3.8) is 0 Å². The van der Waals surface area contributed by atoms with Crippen LogP contribution in [0.1, 0.15) is 52.4 Å². The topological polar surface area (TPSA) is 61.8 Å². The molecule has 1 aliphatic heterocycles. The standard InChI is InChI=1S/C14H24O5/c1-5-7-13(2)9-10-14(19-13,12(16)18-4)8-6-11(15)17-3/h5-10H2,1-4H3. The van der Waals surface area contributed by atoms with Crippen LogP contribution in [0, 0.1) is 0 Å². The first kappa shape index (κ1) is 16.0. The molecule has 0 aromatic carbocycles. The second-order valence-corrected chi connectivity index (χ2v) is 5.36. The Morgan fingerprint density at radius 2 is 1.84 bits per heavy atom. The van der Waals surface area contributed by atoms with Crippen molar-refractivity contribution in [2.45, 2.75) is 63.6 Å². The number of hydrogen-bond donors (Lipinski definition) is 0. The summed E-state index contributed by atoms with van der Waals surface area (Å²) in [5.74, 6) is -0.729. The molecular weight excluding hydrogens is 248 g/mol. The van der Waals surface area contributed by atoms with E-state index in [4.69, 9.17) is 9.47 Å². The molecular formula is C14H24O5. The molecule has 0 bridgehead atoms. The fraction of sp³-hybridized carbons (Fsp3) is 0.857. The van der Waals surface area contributed by atoms with E-state index in [1.165, 1.54) is 14.2 Å². The van der Waals surface area contributed by atoms with E-state index < -0.39 is 11.6 Å². The van der Waals surface area contributed by atoms with Crippen LogP contribution in [0.2, 0.25) is 0 Å². The molecule has 0 amide bonds. The predicted molar refractivity (Wildman–Crippen MR) is 69.6 cm³/mol. The fourth-order valence-electron chi connectivity index (χ4n) is 2.76. The first-order valence-electron chi connectivity index (χ1n) is 6.77. The van der Waals surface area contributed by atoms with E-state index in [9.17, 15) is 9.59 Å². The van der Waals surface area contributed by atoms with Gasteiger partial charge in [0.05, 0.1) is 19.8 Å². The third kappa shape index (κ3) is 3.69. The van der Waals surface area contributed by atoms with Gasteiger partial charge in [0.25, 0.3) is 0 Å². The predicted octanol–water partition coefficient (Wildman–Crippen LogP) is 2.22. The van der Waals surface area contributed by atoms with E-state index in [0.717, 1.165) is 19.3 Å². The van der Waals surface area contributed by atoms with Crippen LogP contribution < -0.4 is 0 Å². The molecule has 1 aliphatic rings. The summed E-state index contributed by atoms with van der Waals surface area (Å²) in [7, 11) is 2.69. The van der Waals surface area contributed by atoms with Gasteiger partial charge >= 0.3 is 11.9 Å². The van der Waals surface area contributed by atoms with Crippen LogP contribution in [0.25, 0.3) is 0 Å². The minimum Gasteiger partial charge on any atom is -0.469 e. The Labute approximate surface area is 114 Å². The Morgan fingerprint density at radius 1 is 1.16 bits per heavy atom. The maximum absolute atomic E-state index is 12.0. The quantitative estimate of drug-likeness (QED) is 0.694. The van der Waals surface area contributed by atoms with Gasteiger partial charge in [0, 0.05) is 6.42 Å². The molecule has 2 atom stereocenters. The second kappa shape index (κ2) is 6.37. The maximum atomic E-state index is 12.0. The number of hydrogen-bond acceptors (Lipinski definition) is 5. The first-order chi connectivity index (χ1) is 8.91. The van der Waals surface area contributed by atoms with Crippen LogP contribution in [-0.4, -0.2) is 37.4 Å². The summed E-state index contributed by atoms with van der Waals surface area (Å²) >= 11 is 0. The van der Waals surface area contributed by atoms with E-state index in [0.29, 0.717) is 12.8 Å². The number of rotatable bonds is 6. The normalized spacial score (nSPS) is 30.1. The molecule has 5 nitrogen and oxygen atoms in total. The van der Waals surface area contributed by atoms with Crippen molar-refractivity contribution in [3.8, 4) is 0 Å². The van der Waals surface area contributed by atoms with Gasteiger partial charge in [-0.05, 0) is 32.6 Å². The number of carbonyl (C=O) groups is 2. The van der Waals surface area contributed by atoms with E-state index in [2.05, 4.69) is 11.7 Å². The summed E-state index contributed by atoms with van der Waals surface area (Å²) in [5, 5.41) is 0. The molecule has 1 rings (SSSR count). The maximum Gasteiger partial charge on any atom is 0.338 e. The van der Waals surface area contributed by atoms with Gasteiger partial charge in [-0.1, -0.05) is 13.3 Å². The van der Waals surface area contributed by atoms with Crippen molar-refractivity contribution in [1.82, 2.24) is 0 Å². The molecule has 0 aliphatic carbocycles. The molecule has 5 heteroatoms. The van der Waals surface area contributed by atoms with Crippen molar-refractivity contribution in [2.24, 2.45) is 0 Å². The molecule has 2 unspecified atom stereocenters. The highest BCUT2D eigenvalue weighted by molar-refractivity contribution is 5.81. The third-order valence-corrected chi connectivity index (χ3v) is 3.80. The summed E-state index contributed by atoms with van der Waals surface area (Å²) < 4.78 is 15.5. The van der Waals surface area contributed by atoms with E-state index >= 15 is 0 Å². The van der Waals surface area contributed by atoms with Gasteiger partial charge < -0.3 is 14.2 Å². The number of carbonyl (C=O) groups excluding carboxylic acids is 2. The Kier molecular flexibility index (Phi) is 5.35. The molecule has 1 saturated heterocycles. The van der Waals surface area contributed by atoms with Gasteiger partial charge in [0.1, 0.15) is 0 Å². The Balaban J connectivity index is 2.79. The minimum absolute atomic E-state index is 0.161. The van der Waals surface area contributed by atoms with Crippen LogP contribution in [0.4, 0.5) is 0 Å². The summed E-state index contributed by atoms with van der Waals surface area (Å²) in [4.78, 5) is 23.3. The van der Waals surface area contributed by atoms with Crippen LogP contribution in [0.5, 0.6) is 0 Å². The molecule has 1 heterocycles. The third-order valence-electron chi connectivity index (χ3n) is 3.80. The zero-order chi connectivity index (χ0) is 14.5. The highest BCUT2D eigenvalue weighted by Crippen LogP contribution is 2.43. The lowest BCUT2D eigenvalue weighted by molar-refractivity contribution is -0.178. The zero-order valence-corrected chi connectivity index (χ0v) is 12.3. The van der Waals surface area contributed by atoms with E-state index in [1.54, 1.807) is 0 Å². The summed E-state index contributed by atoms with van der Waals surface area (Å²) in [6.45, 7) is 4.10. The number of ether oxygens (including phenoxy) is 3.